The largest absolute Gasteiger partial charge is 0.378 e. The summed E-state index contributed by atoms with van der Waals surface area (Å²) in [7, 11) is 0. The fourth-order valence-corrected chi connectivity index (χ4v) is 2.38. The zero-order chi connectivity index (χ0) is 15.2. The summed E-state index contributed by atoms with van der Waals surface area (Å²) in [5.41, 5.74) is 0.826. The lowest BCUT2D eigenvalue weighted by Crippen LogP contribution is -2.46. The van der Waals surface area contributed by atoms with E-state index in [0.717, 1.165) is 11.5 Å². The monoisotopic (exact) mass is 301 g/mol. The molecule has 7 heteroatoms. The number of nitrogens with zero attached hydrogens (tertiary/aromatic N) is 4. The van der Waals surface area contributed by atoms with Crippen molar-refractivity contribution >= 4 is 6.03 Å². The highest BCUT2D eigenvalue weighted by molar-refractivity contribution is 5.74. The van der Waals surface area contributed by atoms with E-state index in [1.165, 1.54) is 0 Å². The maximum Gasteiger partial charge on any atom is 0.317 e. The lowest BCUT2D eigenvalue weighted by atomic mass is 10.3. The number of morpholine rings is 1. The molecule has 0 aliphatic carbocycles. The molecule has 1 N–H and O–H groups in total. The molecule has 3 rings (SSSR count). The Hall–Kier alpha value is -2.41. The Labute approximate surface area is 128 Å². The second kappa shape index (κ2) is 7.04. The first-order valence-corrected chi connectivity index (χ1v) is 7.37. The van der Waals surface area contributed by atoms with Crippen molar-refractivity contribution in [3.63, 3.8) is 0 Å². The predicted octanol–water partition coefficient (Wildman–Crippen LogP) is 0.987. The van der Waals surface area contributed by atoms with E-state index >= 15 is 0 Å². The van der Waals surface area contributed by atoms with Crippen LogP contribution in [-0.2, 0) is 11.3 Å². The Bertz CT molecular complexity index is 607. The van der Waals surface area contributed by atoms with E-state index < -0.39 is 0 Å². The molecular formula is C15H19N5O2. The van der Waals surface area contributed by atoms with Gasteiger partial charge in [0, 0.05) is 44.8 Å². The molecule has 116 valence electrons. The number of pyridine rings is 1. The summed E-state index contributed by atoms with van der Waals surface area (Å²) < 4.78 is 7.22. The van der Waals surface area contributed by atoms with Crippen molar-refractivity contribution in [2.75, 3.05) is 32.8 Å². The summed E-state index contributed by atoms with van der Waals surface area (Å²) in [6.45, 7) is 3.72. The van der Waals surface area contributed by atoms with Gasteiger partial charge in [0.15, 0.2) is 5.82 Å². The Morgan fingerprint density at radius 1 is 1.23 bits per heavy atom. The van der Waals surface area contributed by atoms with Crippen molar-refractivity contribution in [1.29, 1.82) is 0 Å². The summed E-state index contributed by atoms with van der Waals surface area (Å²) >= 11 is 0. The molecule has 1 saturated heterocycles. The van der Waals surface area contributed by atoms with Gasteiger partial charge in [0.25, 0.3) is 0 Å². The van der Waals surface area contributed by atoms with Crippen LogP contribution in [0.2, 0.25) is 0 Å². The Morgan fingerprint density at radius 2 is 2.09 bits per heavy atom. The van der Waals surface area contributed by atoms with Gasteiger partial charge in [-0.3, -0.25) is 4.98 Å². The van der Waals surface area contributed by atoms with E-state index in [-0.39, 0.29) is 6.03 Å². The van der Waals surface area contributed by atoms with Crippen LogP contribution in [-0.4, -0.2) is 58.3 Å². The topological polar surface area (TPSA) is 72.3 Å². The third-order valence-electron chi connectivity index (χ3n) is 3.54. The van der Waals surface area contributed by atoms with Crippen LogP contribution in [0.4, 0.5) is 4.79 Å². The second-order valence-corrected chi connectivity index (χ2v) is 4.99. The van der Waals surface area contributed by atoms with Gasteiger partial charge in [0.05, 0.1) is 13.2 Å². The zero-order valence-electron chi connectivity index (χ0n) is 12.3. The van der Waals surface area contributed by atoms with E-state index in [4.69, 9.17) is 4.74 Å². The molecule has 1 fully saturated rings. The van der Waals surface area contributed by atoms with Crippen molar-refractivity contribution in [1.82, 2.24) is 24.8 Å². The molecule has 0 spiro atoms. The van der Waals surface area contributed by atoms with Crippen LogP contribution >= 0.6 is 0 Å². The van der Waals surface area contributed by atoms with Crippen molar-refractivity contribution in [2.24, 2.45) is 0 Å². The number of imidazole rings is 1. The van der Waals surface area contributed by atoms with Gasteiger partial charge >= 0.3 is 6.03 Å². The molecule has 0 saturated carbocycles. The van der Waals surface area contributed by atoms with Crippen molar-refractivity contribution < 1.29 is 9.53 Å². The van der Waals surface area contributed by atoms with E-state index in [2.05, 4.69) is 15.3 Å². The minimum atomic E-state index is -0.0391. The maximum atomic E-state index is 12.0. The quantitative estimate of drug-likeness (QED) is 0.914. The summed E-state index contributed by atoms with van der Waals surface area (Å²) in [5.74, 6) is 0.807. The first-order valence-electron chi connectivity index (χ1n) is 7.37. The third-order valence-corrected chi connectivity index (χ3v) is 3.54. The fourth-order valence-electron chi connectivity index (χ4n) is 2.38. The van der Waals surface area contributed by atoms with Crippen molar-refractivity contribution in [3.8, 4) is 11.5 Å². The zero-order valence-corrected chi connectivity index (χ0v) is 12.3. The van der Waals surface area contributed by atoms with E-state index in [0.29, 0.717) is 39.4 Å². The molecule has 1 aliphatic heterocycles. The van der Waals surface area contributed by atoms with Crippen molar-refractivity contribution in [3.05, 3.63) is 36.8 Å². The number of urea groups is 1. The SMILES string of the molecule is O=C(NCCn1ccnc1-c1ccccn1)N1CCOCC1. The van der Waals surface area contributed by atoms with Gasteiger partial charge in [-0.05, 0) is 12.1 Å². The molecule has 0 atom stereocenters. The van der Waals surface area contributed by atoms with Crippen LogP contribution in [0.5, 0.6) is 0 Å². The molecule has 2 aromatic heterocycles. The first-order chi connectivity index (χ1) is 10.8. The van der Waals surface area contributed by atoms with Crippen molar-refractivity contribution in [2.45, 2.75) is 6.54 Å². The van der Waals surface area contributed by atoms with E-state index in [1.54, 1.807) is 17.3 Å². The minimum Gasteiger partial charge on any atom is -0.378 e. The second-order valence-electron chi connectivity index (χ2n) is 4.99. The van der Waals surface area contributed by atoms with E-state index in [1.807, 2.05) is 29.0 Å². The number of aromatic nitrogens is 3. The standard InChI is InChI=1S/C15H19N5O2/c21-15(20-9-11-22-12-10-20)18-6-8-19-7-5-17-14(19)13-3-1-2-4-16-13/h1-5,7H,6,8-12H2,(H,18,21). The van der Waals surface area contributed by atoms with Crippen LogP contribution < -0.4 is 5.32 Å². The van der Waals surface area contributed by atoms with Gasteiger partial charge in [-0.1, -0.05) is 6.07 Å². The molecular weight excluding hydrogens is 282 g/mol. The van der Waals surface area contributed by atoms with Gasteiger partial charge in [0.2, 0.25) is 0 Å². The molecule has 2 aromatic rings. The molecule has 7 nitrogen and oxygen atoms in total. The molecule has 2 amide bonds. The Balaban J connectivity index is 1.54. The van der Waals surface area contributed by atoms with Crippen LogP contribution in [0.3, 0.4) is 0 Å². The number of carbonyl (C=O) groups excluding carboxylic acids is 1. The smallest absolute Gasteiger partial charge is 0.317 e. The van der Waals surface area contributed by atoms with Gasteiger partial charge in [-0.2, -0.15) is 0 Å². The number of hydrogen-bond donors (Lipinski definition) is 1. The number of carbonyl (C=O) groups is 1. The highest BCUT2D eigenvalue weighted by Crippen LogP contribution is 2.13. The normalized spacial score (nSPS) is 14.8. The van der Waals surface area contributed by atoms with Crippen LogP contribution in [0, 0.1) is 0 Å². The molecule has 0 radical (unpaired) electrons. The number of rotatable bonds is 4. The summed E-state index contributed by atoms with van der Waals surface area (Å²) in [6.07, 6.45) is 5.38. The minimum absolute atomic E-state index is 0.0391. The maximum absolute atomic E-state index is 12.0. The predicted molar refractivity (Wildman–Crippen MR) is 81.2 cm³/mol. The Kier molecular flexibility index (Phi) is 4.65. The summed E-state index contributed by atoms with van der Waals surface area (Å²) in [6, 6.07) is 5.69. The van der Waals surface area contributed by atoms with Gasteiger partial charge in [-0.25, -0.2) is 9.78 Å². The number of ether oxygens (including phenoxy) is 1. The molecule has 22 heavy (non-hydrogen) atoms. The highest BCUT2D eigenvalue weighted by Gasteiger charge is 2.16. The molecule has 0 unspecified atom stereocenters. The van der Waals surface area contributed by atoms with Crippen LogP contribution in [0.25, 0.3) is 11.5 Å². The van der Waals surface area contributed by atoms with Gasteiger partial charge in [-0.15, -0.1) is 0 Å². The number of nitrogens with one attached hydrogen (secondary N) is 1. The van der Waals surface area contributed by atoms with Crippen LogP contribution in [0.1, 0.15) is 0 Å². The molecule has 0 bridgehead atoms. The average Bonchev–Trinajstić information content (AvgIpc) is 3.05. The van der Waals surface area contributed by atoms with E-state index in [9.17, 15) is 4.79 Å². The lowest BCUT2D eigenvalue weighted by molar-refractivity contribution is 0.0532. The summed E-state index contributed by atoms with van der Waals surface area (Å²) in [5, 5.41) is 2.93. The highest BCUT2D eigenvalue weighted by atomic mass is 16.5. The molecule has 3 heterocycles. The van der Waals surface area contributed by atoms with Gasteiger partial charge in [0.1, 0.15) is 5.69 Å². The first kappa shape index (κ1) is 14.5. The van der Waals surface area contributed by atoms with Crippen LogP contribution in [0.15, 0.2) is 36.8 Å². The average molecular weight is 301 g/mol. The fraction of sp³-hybridized carbons (Fsp3) is 0.400. The number of amides is 2. The Morgan fingerprint density at radius 3 is 2.86 bits per heavy atom. The van der Waals surface area contributed by atoms with Gasteiger partial charge < -0.3 is 19.5 Å². The molecule has 1 aliphatic rings. The molecule has 0 aromatic carbocycles. The summed E-state index contributed by atoms with van der Waals surface area (Å²) in [4.78, 5) is 22.4. The number of hydrogen-bond acceptors (Lipinski definition) is 4. The third kappa shape index (κ3) is 3.43. The lowest BCUT2D eigenvalue weighted by Gasteiger charge is -2.27.